The first-order chi connectivity index (χ1) is 12.0. The first-order valence-electron chi connectivity index (χ1n) is 9.70. The third-order valence-electron chi connectivity index (χ3n) is 4.56. The van der Waals surface area contributed by atoms with Crippen molar-refractivity contribution in [2.24, 2.45) is 0 Å². The van der Waals surface area contributed by atoms with Crippen LogP contribution in [-0.2, 0) is 19.1 Å². The normalized spacial score (nSPS) is 15.8. The summed E-state index contributed by atoms with van der Waals surface area (Å²) in [4.78, 5) is 37.1. The maximum absolute atomic E-state index is 12.1. The second-order valence-corrected chi connectivity index (χ2v) is 6.83. The highest BCUT2D eigenvalue weighted by molar-refractivity contribution is 6.11. The Hall–Kier alpha value is -1.65. The Kier molecular flexibility index (Phi) is 10.1. The zero-order chi connectivity index (χ0) is 18.7. The summed E-state index contributed by atoms with van der Waals surface area (Å²) in [6.45, 7) is 6.54. The number of hydrogen-bond acceptors (Lipinski definition) is 4. The summed E-state index contributed by atoms with van der Waals surface area (Å²) in [5, 5.41) is 0. The van der Waals surface area contributed by atoms with Gasteiger partial charge in [-0.15, -0.1) is 0 Å². The molecule has 0 aromatic heterocycles. The third-order valence-corrected chi connectivity index (χ3v) is 4.56. The second-order valence-electron chi connectivity index (χ2n) is 6.83. The number of likely N-dealkylation sites (tertiary alicyclic amines) is 1. The van der Waals surface area contributed by atoms with Gasteiger partial charge in [-0.3, -0.25) is 19.3 Å². The maximum atomic E-state index is 12.1. The van der Waals surface area contributed by atoms with Crippen LogP contribution in [-0.4, -0.2) is 35.8 Å². The Morgan fingerprint density at radius 3 is 2.12 bits per heavy atom. The lowest BCUT2D eigenvalue weighted by Crippen LogP contribution is -2.50. The molecule has 1 rings (SSSR count). The van der Waals surface area contributed by atoms with E-state index in [1.807, 2.05) is 0 Å². The molecule has 1 aliphatic heterocycles. The Morgan fingerprint density at radius 1 is 0.960 bits per heavy atom. The van der Waals surface area contributed by atoms with Gasteiger partial charge in [-0.2, -0.15) is 0 Å². The Balaban J connectivity index is 2.30. The molecule has 0 atom stereocenters. The largest absolute Gasteiger partial charge is 0.461 e. The molecule has 0 aliphatic carbocycles. The number of rotatable bonds is 12. The molecular weight excluding hydrogens is 318 g/mol. The van der Waals surface area contributed by atoms with E-state index in [2.05, 4.69) is 13.8 Å². The van der Waals surface area contributed by atoms with Gasteiger partial charge < -0.3 is 4.74 Å². The molecule has 5 nitrogen and oxygen atoms in total. The first kappa shape index (κ1) is 21.4. The monoisotopic (exact) mass is 351 g/mol. The van der Waals surface area contributed by atoms with Crippen LogP contribution in [0.5, 0.6) is 0 Å². The van der Waals surface area contributed by atoms with Gasteiger partial charge in [-0.05, 0) is 25.3 Å². The number of β-lactam (4-membered cyclic amide) rings is 1. The number of hydrogen-bond donors (Lipinski definition) is 0. The van der Waals surface area contributed by atoms with E-state index in [4.69, 9.17) is 4.74 Å². The number of nitrogens with zero attached hydrogens (tertiary/aromatic N) is 1. The number of amides is 2. The van der Waals surface area contributed by atoms with Crippen molar-refractivity contribution in [2.45, 2.75) is 85.0 Å². The van der Waals surface area contributed by atoms with E-state index < -0.39 is 0 Å². The standard InChI is InChI=1S/C20H33NO4/c1-4-6-8-10-12-18(22)21-14-17(20(21)24)16(3)15-25-19(23)13-11-9-7-5-2/h4-15H2,1-3H3. The molecule has 25 heavy (non-hydrogen) atoms. The van der Waals surface area contributed by atoms with Crippen LogP contribution < -0.4 is 0 Å². The molecule has 0 aromatic carbocycles. The number of imide groups is 1. The summed E-state index contributed by atoms with van der Waals surface area (Å²) in [6.07, 6.45) is 9.13. The van der Waals surface area contributed by atoms with Crippen LogP contribution in [0.15, 0.2) is 11.1 Å². The lowest BCUT2D eigenvalue weighted by molar-refractivity contribution is -0.148. The summed E-state index contributed by atoms with van der Waals surface area (Å²) in [6, 6.07) is 0. The van der Waals surface area contributed by atoms with Gasteiger partial charge in [-0.1, -0.05) is 52.4 Å². The molecule has 0 unspecified atom stereocenters. The van der Waals surface area contributed by atoms with Gasteiger partial charge in [0.2, 0.25) is 5.91 Å². The molecule has 1 aliphatic rings. The van der Waals surface area contributed by atoms with Gasteiger partial charge in [0.15, 0.2) is 0 Å². The van der Waals surface area contributed by atoms with Crippen molar-refractivity contribution in [1.29, 1.82) is 0 Å². The van der Waals surface area contributed by atoms with Crippen LogP contribution >= 0.6 is 0 Å². The minimum absolute atomic E-state index is 0.0921. The SMILES string of the molecule is CCCCCCC(=O)OCC(C)=C1CN(C(=O)CCCCCC)C1=O. The van der Waals surface area contributed by atoms with Gasteiger partial charge in [-0.25, -0.2) is 0 Å². The molecule has 0 spiro atoms. The number of carbonyl (C=O) groups excluding carboxylic acids is 3. The molecule has 0 aromatic rings. The van der Waals surface area contributed by atoms with Crippen LogP contribution in [0, 0.1) is 0 Å². The third kappa shape index (κ3) is 7.41. The predicted molar refractivity (Wildman–Crippen MR) is 97.9 cm³/mol. The van der Waals surface area contributed by atoms with Crippen molar-refractivity contribution >= 4 is 17.8 Å². The molecule has 0 saturated carbocycles. The minimum Gasteiger partial charge on any atom is -0.461 e. The van der Waals surface area contributed by atoms with Gasteiger partial charge in [0.25, 0.3) is 5.91 Å². The van der Waals surface area contributed by atoms with Crippen molar-refractivity contribution in [1.82, 2.24) is 4.90 Å². The van der Waals surface area contributed by atoms with Crippen LogP contribution in [0.1, 0.15) is 85.0 Å². The molecule has 1 heterocycles. The molecular formula is C20H33NO4. The molecule has 1 saturated heterocycles. The highest BCUT2D eigenvalue weighted by Crippen LogP contribution is 2.22. The molecule has 0 bridgehead atoms. The zero-order valence-electron chi connectivity index (χ0n) is 16.1. The van der Waals surface area contributed by atoms with Gasteiger partial charge in [0, 0.05) is 18.4 Å². The Morgan fingerprint density at radius 2 is 1.56 bits per heavy atom. The molecule has 5 heteroatoms. The highest BCUT2D eigenvalue weighted by atomic mass is 16.5. The smallest absolute Gasteiger partial charge is 0.306 e. The van der Waals surface area contributed by atoms with Gasteiger partial charge in [0.05, 0.1) is 6.54 Å². The summed E-state index contributed by atoms with van der Waals surface area (Å²) in [5.74, 6) is -0.533. The molecule has 0 N–H and O–H groups in total. The highest BCUT2D eigenvalue weighted by Gasteiger charge is 2.36. The number of carbonyl (C=O) groups is 3. The molecule has 1 fully saturated rings. The van der Waals surface area contributed by atoms with E-state index in [0.717, 1.165) is 56.9 Å². The maximum Gasteiger partial charge on any atom is 0.306 e. The Bertz CT molecular complexity index is 496. The van der Waals surface area contributed by atoms with E-state index >= 15 is 0 Å². The number of unbranched alkanes of at least 4 members (excludes halogenated alkanes) is 6. The Labute approximate surface area is 151 Å². The quantitative estimate of drug-likeness (QED) is 0.229. The summed E-state index contributed by atoms with van der Waals surface area (Å²) >= 11 is 0. The van der Waals surface area contributed by atoms with E-state index in [1.165, 1.54) is 4.90 Å². The van der Waals surface area contributed by atoms with Crippen LogP contribution in [0.4, 0.5) is 0 Å². The first-order valence-corrected chi connectivity index (χ1v) is 9.70. The lowest BCUT2D eigenvalue weighted by Gasteiger charge is -2.33. The summed E-state index contributed by atoms with van der Waals surface area (Å²) < 4.78 is 5.22. The summed E-state index contributed by atoms with van der Waals surface area (Å²) in [5.41, 5.74) is 1.36. The van der Waals surface area contributed by atoms with Crippen molar-refractivity contribution in [2.75, 3.05) is 13.2 Å². The second kappa shape index (κ2) is 11.8. The fraction of sp³-hybridized carbons (Fsp3) is 0.750. The predicted octanol–water partition coefficient (Wildman–Crippen LogP) is 4.16. The number of ether oxygens (including phenoxy) is 1. The average molecular weight is 351 g/mol. The number of esters is 1. The van der Waals surface area contributed by atoms with E-state index in [-0.39, 0.29) is 24.4 Å². The van der Waals surface area contributed by atoms with E-state index in [0.29, 0.717) is 25.0 Å². The fourth-order valence-corrected chi connectivity index (χ4v) is 2.77. The van der Waals surface area contributed by atoms with Crippen molar-refractivity contribution in [3.63, 3.8) is 0 Å². The van der Waals surface area contributed by atoms with Crippen molar-refractivity contribution in [3.8, 4) is 0 Å². The zero-order valence-corrected chi connectivity index (χ0v) is 16.1. The molecule has 0 radical (unpaired) electrons. The van der Waals surface area contributed by atoms with Gasteiger partial charge in [0.1, 0.15) is 6.61 Å². The van der Waals surface area contributed by atoms with E-state index in [1.54, 1.807) is 6.92 Å². The minimum atomic E-state index is -0.225. The molecule has 142 valence electrons. The van der Waals surface area contributed by atoms with E-state index in [9.17, 15) is 14.4 Å². The fourth-order valence-electron chi connectivity index (χ4n) is 2.77. The molecule has 2 amide bonds. The summed E-state index contributed by atoms with van der Waals surface area (Å²) in [7, 11) is 0. The average Bonchev–Trinajstić information content (AvgIpc) is 2.59. The van der Waals surface area contributed by atoms with Crippen LogP contribution in [0.3, 0.4) is 0 Å². The van der Waals surface area contributed by atoms with Crippen molar-refractivity contribution in [3.05, 3.63) is 11.1 Å². The lowest BCUT2D eigenvalue weighted by atomic mass is 10.00. The van der Waals surface area contributed by atoms with Gasteiger partial charge >= 0.3 is 5.97 Å². The van der Waals surface area contributed by atoms with Crippen LogP contribution in [0.25, 0.3) is 0 Å². The topological polar surface area (TPSA) is 63.7 Å². The van der Waals surface area contributed by atoms with Crippen LogP contribution in [0.2, 0.25) is 0 Å². The van der Waals surface area contributed by atoms with Crippen molar-refractivity contribution < 1.29 is 19.1 Å².